The molecule has 0 aliphatic heterocycles. The third-order valence-corrected chi connectivity index (χ3v) is 7.77. The Hall–Kier alpha value is -2.21. The lowest BCUT2D eigenvalue weighted by Crippen LogP contribution is -2.29. The molecule has 1 aliphatic rings. The van der Waals surface area contributed by atoms with E-state index in [0.717, 1.165) is 6.39 Å². The van der Waals surface area contributed by atoms with Crippen LogP contribution >= 0.6 is 22.6 Å². The summed E-state index contributed by atoms with van der Waals surface area (Å²) in [6.07, 6.45) is 3.85. The summed E-state index contributed by atoms with van der Waals surface area (Å²) < 4.78 is 62.6. The summed E-state index contributed by atoms with van der Waals surface area (Å²) in [5.74, 6) is -1.45. The van der Waals surface area contributed by atoms with E-state index < -0.39 is 26.4 Å². The van der Waals surface area contributed by atoms with Gasteiger partial charge in [-0.1, -0.05) is 6.08 Å². The van der Waals surface area contributed by atoms with Gasteiger partial charge in [-0.15, -0.1) is 6.58 Å². The maximum absolute atomic E-state index is 15.1. The third-order valence-electron chi connectivity index (χ3n) is 4.90. The Bertz CT molecular complexity index is 1220. The average molecular weight is 531 g/mol. The van der Waals surface area contributed by atoms with Gasteiger partial charge in [0.2, 0.25) is 10.0 Å². The van der Waals surface area contributed by atoms with Crippen LogP contribution in [0.5, 0.6) is 0 Å². The molecule has 3 aromatic rings. The normalized spacial score (nSPS) is 15.3. The van der Waals surface area contributed by atoms with Crippen LogP contribution in [-0.4, -0.2) is 18.1 Å². The van der Waals surface area contributed by atoms with Gasteiger partial charge in [0.05, 0.1) is 16.1 Å². The van der Waals surface area contributed by atoms with Crippen LogP contribution in [0.2, 0.25) is 0 Å². The highest BCUT2D eigenvalue weighted by molar-refractivity contribution is 14.1. The Kier molecular flexibility index (Phi) is 5.01. The summed E-state index contributed by atoms with van der Waals surface area (Å²) >= 11 is 1.95. The number of aromatic nitrogens is 1. The number of anilines is 3. The number of nitrogens with zero attached hydrogens (tertiary/aromatic N) is 1. The van der Waals surface area contributed by atoms with Crippen molar-refractivity contribution in [2.45, 2.75) is 24.0 Å². The van der Waals surface area contributed by atoms with E-state index in [-0.39, 0.29) is 34.6 Å². The standard InChI is InChI=1S/C19H16F2IN3O3S/c1-2-5-19(6-7-19)29(26,27)25-14-9-15-18(23-10-28-15)16(21)17(14)24-13-4-3-11(22)8-12(13)20/h2-4,8-10,24-25H,1,5-7H2. The maximum atomic E-state index is 15.1. The number of rotatable bonds is 7. The Morgan fingerprint density at radius 1 is 1.28 bits per heavy atom. The van der Waals surface area contributed by atoms with Gasteiger partial charge < -0.3 is 9.73 Å². The summed E-state index contributed by atoms with van der Waals surface area (Å²) in [6, 6.07) is 5.70. The molecule has 4 rings (SSSR count). The molecule has 1 heterocycles. The lowest BCUT2D eigenvalue weighted by atomic mass is 10.2. The fraction of sp³-hybridized carbons (Fsp3) is 0.211. The van der Waals surface area contributed by atoms with E-state index in [2.05, 4.69) is 21.6 Å². The molecule has 152 valence electrons. The summed E-state index contributed by atoms with van der Waals surface area (Å²) in [4.78, 5) is 3.82. The minimum atomic E-state index is -3.85. The number of oxazole rings is 1. The minimum absolute atomic E-state index is 0.000152. The zero-order chi connectivity index (χ0) is 20.8. The molecule has 6 nitrogen and oxygen atoms in total. The first-order chi connectivity index (χ1) is 13.8. The van der Waals surface area contributed by atoms with Crippen LogP contribution in [0.3, 0.4) is 0 Å². The van der Waals surface area contributed by atoms with Crippen molar-refractivity contribution in [2.75, 3.05) is 10.0 Å². The van der Waals surface area contributed by atoms with Gasteiger partial charge in [-0.2, -0.15) is 0 Å². The van der Waals surface area contributed by atoms with Crippen LogP contribution in [0.25, 0.3) is 11.1 Å². The maximum Gasteiger partial charge on any atom is 0.238 e. The van der Waals surface area contributed by atoms with E-state index in [1.807, 2.05) is 22.6 Å². The molecule has 2 aromatic carbocycles. The van der Waals surface area contributed by atoms with E-state index in [1.165, 1.54) is 18.2 Å². The number of hydrogen-bond acceptors (Lipinski definition) is 5. The molecule has 29 heavy (non-hydrogen) atoms. The molecule has 10 heteroatoms. The highest BCUT2D eigenvalue weighted by Crippen LogP contribution is 2.48. The zero-order valence-corrected chi connectivity index (χ0v) is 18.0. The number of sulfonamides is 1. The van der Waals surface area contributed by atoms with Gasteiger partial charge in [-0.05, 0) is 60.1 Å². The van der Waals surface area contributed by atoms with Gasteiger partial charge >= 0.3 is 0 Å². The van der Waals surface area contributed by atoms with Crippen molar-refractivity contribution in [1.29, 1.82) is 0 Å². The van der Waals surface area contributed by atoms with E-state index in [4.69, 9.17) is 4.42 Å². The topological polar surface area (TPSA) is 84.2 Å². The van der Waals surface area contributed by atoms with Crippen molar-refractivity contribution in [1.82, 2.24) is 4.98 Å². The van der Waals surface area contributed by atoms with E-state index >= 15 is 4.39 Å². The van der Waals surface area contributed by atoms with Crippen LogP contribution in [-0.2, 0) is 10.0 Å². The number of nitrogens with one attached hydrogen (secondary N) is 2. The van der Waals surface area contributed by atoms with Gasteiger partial charge in [0, 0.05) is 9.64 Å². The molecule has 1 saturated carbocycles. The Balaban J connectivity index is 1.80. The fourth-order valence-electron chi connectivity index (χ4n) is 3.13. The highest BCUT2D eigenvalue weighted by atomic mass is 127. The molecule has 0 amide bonds. The van der Waals surface area contributed by atoms with Crippen LogP contribution in [0.1, 0.15) is 19.3 Å². The molecule has 2 N–H and O–H groups in total. The SMILES string of the molecule is C=CCC1(S(=O)(=O)Nc2cc3ocnc3c(F)c2Nc2ccc(I)cc2F)CC1. The van der Waals surface area contributed by atoms with Gasteiger partial charge in [-0.25, -0.2) is 22.2 Å². The van der Waals surface area contributed by atoms with E-state index in [0.29, 0.717) is 16.4 Å². The summed E-state index contributed by atoms with van der Waals surface area (Å²) in [5, 5.41) is 2.66. The Morgan fingerprint density at radius 2 is 2.03 bits per heavy atom. The lowest BCUT2D eigenvalue weighted by Gasteiger charge is -2.19. The second-order valence-electron chi connectivity index (χ2n) is 6.84. The predicted octanol–water partition coefficient (Wildman–Crippen LogP) is 5.30. The number of fused-ring (bicyclic) bond motifs is 1. The van der Waals surface area contributed by atoms with Crippen molar-refractivity contribution in [3.05, 3.63) is 58.5 Å². The predicted molar refractivity (Wildman–Crippen MR) is 116 cm³/mol. The van der Waals surface area contributed by atoms with Gasteiger partial charge in [0.25, 0.3) is 0 Å². The lowest BCUT2D eigenvalue weighted by molar-refractivity contribution is 0.582. The third kappa shape index (κ3) is 3.59. The molecule has 1 aromatic heterocycles. The van der Waals surface area contributed by atoms with Crippen molar-refractivity contribution < 1.29 is 21.6 Å². The van der Waals surface area contributed by atoms with Crippen LogP contribution < -0.4 is 10.0 Å². The number of benzene rings is 2. The fourth-order valence-corrected chi connectivity index (χ4v) is 5.23. The smallest absolute Gasteiger partial charge is 0.238 e. The van der Waals surface area contributed by atoms with E-state index in [9.17, 15) is 12.8 Å². The Labute approximate surface area is 179 Å². The molecule has 0 bridgehead atoms. The first kappa shape index (κ1) is 20.1. The van der Waals surface area contributed by atoms with Crippen molar-refractivity contribution in [3.8, 4) is 0 Å². The van der Waals surface area contributed by atoms with Crippen LogP contribution in [0.15, 0.2) is 47.7 Å². The quantitative estimate of drug-likeness (QED) is 0.319. The second kappa shape index (κ2) is 7.24. The first-order valence-electron chi connectivity index (χ1n) is 8.67. The number of allylic oxidation sites excluding steroid dienone is 1. The monoisotopic (exact) mass is 531 g/mol. The van der Waals surface area contributed by atoms with Crippen molar-refractivity contribution in [3.63, 3.8) is 0 Å². The second-order valence-corrected chi connectivity index (χ2v) is 10.2. The molecular formula is C19H16F2IN3O3S. The molecule has 0 radical (unpaired) electrons. The zero-order valence-electron chi connectivity index (χ0n) is 15.0. The van der Waals surface area contributed by atoms with Crippen molar-refractivity contribution in [2.24, 2.45) is 0 Å². The molecule has 0 saturated heterocycles. The Morgan fingerprint density at radius 3 is 2.69 bits per heavy atom. The largest absolute Gasteiger partial charge is 0.443 e. The molecule has 0 atom stereocenters. The van der Waals surface area contributed by atoms with Gasteiger partial charge in [-0.3, -0.25) is 4.72 Å². The minimum Gasteiger partial charge on any atom is -0.443 e. The summed E-state index contributed by atoms with van der Waals surface area (Å²) in [6.45, 7) is 3.61. The van der Waals surface area contributed by atoms with Crippen LogP contribution in [0.4, 0.5) is 25.8 Å². The first-order valence-corrected chi connectivity index (χ1v) is 11.2. The molecule has 1 fully saturated rings. The molecular weight excluding hydrogens is 515 g/mol. The summed E-state index contributed by atoms with van der Waals surface area (Å²) in [7, 11) is -3.85. The average Bonchev–Trinajstić information content (AvgIpc) is 3.30. The van der Waals surface area contributed by atoms with Gasteiger partial charge in [0.15, 0.2) is 17.8 Å². The molecule has 1 aliphatic carbocycles. The number of halogens is 3. The van der Waals surface area contributed by atoms with E-state index in [1.54, 1.807) is 12.1 Å². The van der Waals surface area contributed by atoms with Crippen LogP contribution in [0, 0.1) is 15.2 Å². The summed E-state index contributed by atoms with van der Waals surface area (Å²) in [5.41, 5.74) is -0.333. The highest BCUT2D eigenvalue weighted by Gasteiger charge is 2.53. The molecule has 0 unspecified atom stereocenters. The molecule has 0 spiro atoms. The van der Waals surface area contributed by atoms with Crippen molar-refractivity contribution >= 4 is 60.8 Å². The van der Waals surface area contributed by atoms with Gasteiger partial charge in [0.1, 0.15) is 17.0 Å². The number of hydrogen-bond donors (Lipinski definition) is 2.